The van der Waals surface area contributed by atoms with Gasteiger partial charge in [-0.15, -0.1) is 0 Å². The summed E-state index contributed by atoms with van der Waals surface area (Å²) in [5.74, 6) is -0.667. The van der Waals surface area contributed by atoms with Crippen molar-refractivity contribution >= 4 is 23.4 Å². The number of anilines is 1. The molecule has 0 bridgehead atoms. The molecule has 0 aromatic carbocycles. The summed E-state index contributed by atoms with van der Waals surface area (Å²) in [4.78, 5) is 16.9. The molecule has 0 amide bonds. The fraction of sp³-hybridized carbons (Fsp3) is 0.417. The fourth-order valence-corrected chi connectivity index (χ4v) is 2.24. The Hall–Kier alpha value is -1.80. The Labute approximate surface area is 110 Å². The second-order valence-electron chi connectivity index (χ2n) is 4.31. The molecular weight excluding hydrogens is 254 g/mol. The van der Waals surface area contributed by atoms with Crippen LogP contribution in [0.4, 0.5) is 5.82 Å². The average molecular weight is 266 g/mol. The number of nitriles is 1. The second-order valence-corrected chi connectivity index (χ2v) is 4.72. The first kappa shape index (κ1) is 12.7. The Morgan fingerprint density at radius 3 is 3.00 bits per heavy atom. The first-order valence-corrected chi connectivity index (χ1v) is 5.95. The first-order valence-electron chi connectivity index (χ1n) is 5.57. The lowest BCUT2D eigenvalue weighted by atomic mass is 10.1. The maximum absolute atomic E-state index is 10.9. The highest BCUT2D eigenvalue weighted by atomic mass is 35.5. The molecule has 18 heavy (non-hydrogen) atoms. The summed E-state index contributed by atoms with van der Waals surface area (Å²) < 4.78 is 0. The van der Waals surface area contributed by atoms with Crippen LogP contribution in [-0.2, 0) is 4.79 Å². The summed E-state index contributed by atoms with van der Waals surface area (Å²) in [6.07, 6.45) is 2.07. The van der Waals surface area contributed by atoms with Crippen molar-refractivity contribution < 1.29 is 9.90 Å². The summed E-state index contributed by atoms with van der Waals surface area (Å²) >= 11 is 5.92. The number of hydrogen-bond acceptors (Lipinski definition) is 4. The normalized spacial score (nSPS) is 18.7. The molecule has 0 saturated carbocycles. The molecule has 0 aliphatic carbocycles. The van der Waals surface area contributed by atoms with Crippen molar-refractivity contribution in [3.8, 4) is 6.07 Å². The molecule has 1 unspecified atom stereocenters. The van der Waals surface area contributed by atoms with E-state index in [4.69, 9.17) is 22.0 Å². The number of halogens is 1. The highest BCUT2D eigenvalue weighted by Gasteiger charge is 2.30. The topological polar surface area (TPSA) is 77.2 Å². The van der Waals surface area contributed by atoms with Crippen molar-refractivity contribution in [2.24, 2.45) is 5.92 Å². The lowest BCUT2D eigenvalue weighted by Gasteiger charge is -2.19. The molecule has 1 aromatic heterocycles. The molecule has 1 saturated heterocycles. The van der Waals surface area contributed by atoms with E-state index in [0.29, 0.717) is 41.5 Å². The molecule has 0 radical (unpaired) electrons. The number of hydrogen-bond donors (Lipinski definition) is 1. The van der Waals surface area contributed by atoms with Crippen molar-refractivity contribution in [2.45, 2.75) is 13.3 Å². The third-order valence-corrected chi connectivity index (χ3v) is 3.59. The summed E-state index contributed by atoms with van der Waals surface area (Å²) in [7, 11) is 0. The zero-order chi connectivity index (χ0) is 13.3. The number of nitrogens with zero attached hydrogens (tertiary/aromatic N) is 3. The predicted molar refractivity (Wildman–Crippen MR) is 66.7 cm³/mol. The van der Waals surface area contributed by atoms with E-state index >= 15 is 0 Å². The predicted octanol–water partition coefficient (Wildman–Crippen LogP) is 1.83. The molecule has 1 aliphatic heterocycles. The molecule has 94 valence electrons. The molecule has 6 heteroatoms. The molecule has 1 fully saturated rings. The highest BCUT2D eigenvalue weighted by Crippen LogP contribution is 2.29. The Balaban J connectivity index is 2.34. The van der Waals surface area contributed by atoms with Gasteiger partial charge in [0.25, 0.3) is 0 Å². The van der Waals surface area contributed by atoms with Crippen LogP contribution in [0.1, 0.15) is 17.5 Å². The molecule has 1 aromatic rings. The van der Waals surface area contributed by atoms with E-state index < -0.39 is 11.9 Å². The van der Waals surface area contributed by atoms with Crippen LogP contribution in [0.15, 0.2) is 6.20 Å². The van der Waals surface area contributed by atoms with E-state index in [1.807, 2.05) is 4.90 Å². The summed E-state index contributed by atoms with van der Waals surface area (Å²) in [5, 5.41) is 18.6. The minimum absolute atomic E-state index is 0.387. The maximum Gasteiger partial charge on any atom is 0.308 e. The van der Waals surface area contributed by atoms with Crippen molar-refractivity contribution in [1.29, 1.82) is 5.26 Å². The van der Waals surface area contributed by atoms with Crippen molar-refractivity contribution in [2.75, 3.05) is 18.0 Å². The summed E-state index contributed by atoms with van der Waals surface area (Å²) in [5.41, 5.74) is 1.11. The van der Waals surface area contributed by atoms with Crippen LogP contribution in [0.3, 0.4) is 0 Å². The van der Waals surface area contributed by atoms with Gasteiger partial charge >= 0.3 is 5.97 Å². The lowest BCUT2D eigenvalue weighted by Crippen LogP contribution is -2.24. The van der Waals surface area contributed by atoms with Gasteiger partial charge in [-0.25, -0.2) is 4.98 Å². The smallest absolute Gasteiger partial charge is 0.308 e. The lowest BCUT2D eigenvalue weighted by molar-refractivity contribution is -0.140. The van der Waals surface area contributed by atoms with E-state index in [0.717, 1.165) is 0 Å². The van der Waals surface area contributed by atoms with Gasteiger partial charge in [0, 0.05) is 19.3 Å². The zero-order valence-corrected chi connectivity index (χ0v) is 10.6. The molecule has 1 atom stereocenters. The number of carboxylic acid groups (broad SMARTS) is 1. The van der Waals surface area contributed by atoms with Crippen LogP contribution in [0.25, 0.3) is 0 Å². The fourth-order valence-electron chi connectivity index (χ4n) is 2.09. The Kier molecular flexibility index (Phi) is 3.39. The van der Waals surface area contributed by atoms with Gasteiger partial charge in [-0.2, -0.15) is 5.26 Å². The van der Waals surface area contributed by atoms with Crippen molar-refractivity contribution in [3.05, 3.63) is 22.3 Å². The summed E-state index contributed by atoms with van der Waals surface area (Å²) in [6, 6.07) is 2.09. The monoisotopic (exact) mass is 265 g/mol. The quantitative estimate of drug-likeness (QED) is 0.883. The highest BCUT2D eigenvalue weighted by molar-refractivity contribution is 6.31. The van der Waals surface area contributed by atoms with E-state index in [2.05, 4.69) is 11.1 Å². The third kappa shape index (κ3) is 2.12. The molecule has 0 spiro atoms. The van der Waals surface area contributed by atoms with Gasteiger partial charge in [0.05, 0.1) is 16.5 Å². The molecule has 1 aliphatic rings. The summed E-state index contributed by atoms with van der Waals surface area (Å²) in [6.45, 7) is 2.74. The Bertz CT molecular complexity index is 539. The van der Waals surface area contributed by atoms with Gasteiger partial charge in [-0.05, 0) is 18.9 Å². The number of aliphatic carboxylic acids is 1. The van der Waals surface area contributed by atoms with Gasteiger partial charge in [-0.1, -0.05) is 11.6 Å². The Morgan fingerprint density at radius 2 is 2.44 bits per heavy atom. The number of rotatable bonds is 2. The van der Waals surface area contributed by atoms with E-state index in [-0.39, 0.29) is 0 Å². The average Bonchev–Trinajstić information content (AvgIpc) is 2.82. The number of aromatic nitrogens is 1. The van der Waals surface area contributed by atoms with E-state index in [1.54, 1.807) is 6.92 Å². The van der Waals surface area contributed by atoms with Crippen LogP contribution < -0.4 is 4.90 Å². The number of carboxylic acids is 1. The van der Waals surface area contributed by atoms with Crippen molar-refractivity contribution in [1.82, 2.24) is 4.98 Å². The largest absolute Gasteiger partial charge is 0.481 e. The van der Waals surface area contributed by atoms with E-state index in [1.165, 1.54) is 6.20 Å². The van der Waals surface area contributed by atoms with Crippen LogP contribution in [0.2, 0.25) is 5.02 Å². The first-order chi connectivity index (χ1) is 8.54. The van der Waals surface area contributed by atoms with Crippen LogP contribution in [0, 0.1) is 24.2 Å². The van der Waals surface area contributed by atoms with E-state index in [9.17, 15) is 4.79 Å². The van der Waals surface area contributed by atoms with Gasteiger partial charge in [0.15, 0.2) is 0 Å². The van der Waals surface area contributed by atoms with Gasteiger partial charge in [0.2, 0.25) is 0 Å². The zero-order valence-electron chi connectivity index (χ0n) is 9.85. The maximum atomic E-state index is 10.9. The van der Waals surface area contributed by atoms with Gasteiger partial charge in [-0.3, -0.25) is 4.79 Å². The van der Waals surface area contributed by atoms with Crippen LogP contribution >= 0.6 is 11.6 Å². The van der Waals surface area contributed by atoms with Crippen LogP contribution in [0.5, 0.6) is 0 Å². The standard InChI is InChI=1S/C12H12ClN3O2/c1-7-9(4-14)11(15-5-10(7)13)16-3-2-8(6-16)12(17)18/h5,8H,2-3,6H2,1H3,(H,17,18). The Morgan fingerprint density at radius 1 is 1.72 bits per heavy atom. The molecule has 2 rings (SSSR count). The number of pyridine rings is 1. The van der Waals surface area contributed by atoms with Crippen molar-refractivity contribution in [3.63, 3.8) is 0 Å². The molecular formula is C12H12ClN3O2. The second kappa shape index (κ2) is 4.83. The van der Waals surface area contributed by atoms with Gasteiger partial charge in [0.1, 0.15) is 11.9 Å². The molecule has 2 heterocycles. The van der Waals surface area contributed by atoms with Gasteiger partial charge < -0.3 is 10.0 Å². The van der Waals surface area contributed by atoms with Crippen LogP contribution in [-0.4, -0.2) is 29.1 Å². The number of carbonyl (C=O) groups is 1. The molecule has 5 nitrogen and oxygen atoms in total. The molecule has 1 N–H and O–H groups in total. The third-order valence-electron chi connectivity index (χ3n) is 3.21. The minimum atomic E-state index is -0.804. The minimum Gasteiger partial charge on any atom is -0.481 e. The SMILES string of the molecule is Cc1c(Cl)cnc(N2CCC(C(=O)O)C2)c1C#N.